The van der Waals surface area contributed by atoms with E-state index in [0.29, 0.717) is 13.0 Å². The minimum atomic E-state index is -0.891. The number of nitrogens with one attached hydrogen (secondary N) is 1. The second kappa shape index (κ2) is 6.55. The summed E-state index contributed by atoms with van der Waals surface area (Å²) in [6, 6.07) is 9.38. The normalized spacial score (nSPS) is 18.3. The van der Waals surface area contributed by atoms with E-state index in [0.717, 1.165) is 23.0 Å². The Bertz CT molecular complexity index is 712. The Labute approximate surface area is 141 Å². The maximum Gasteiger partial charge on any atom is 0.407 e. The van der Waals surface area contributed by atoms with Gasteiger partial charge in [-0.2, -0.15) is 0 Å². The smallest absolute Gasteiger partial charge is 0.407 e. The van der Waals surface area contributed by atoms with Crippen LogP contribution in [-0.2, 0) is 6.42 Å². The van der Waals surface area contributed by atoms with Crippen LogP contribution in [0, 0.1) is 5.92 Å². The van der Waals surface area contributed by atoms with Gasteiger partial charge in [0.25, 0.3) is 0 Å². The van der Waals surface area contributed by atoms with Crippen LogP contribution in [0.4, 0.5) is 4.79 Å². The van der Waals surface area contributed by atoms with E-state index < -0.39 is 6.09 Å². The molecular weight excluding hydrogens is 306 g/mol. The standard InChI is InChI=1S/C18H23N3O3/c1-11(2)16-15-14(9-10-21(16)18(22)23)19-17(20-15)12(3)24-13-7-5-4-6-8-13/h4-8,11-12,16H,9-10H2,1-3H3,(H,19,20)(H,22,23). The van der Waals surface area contributed by atoms with Crippen LogP contribution in [0.15, 0.2) is 30.3 Å². The third-order valence-electron chi connectivity index (χ3n) is 4.37. The zero-order valence-electron chi connectivity index (χ0n) is 14.2. The van der Waals surface area contributed by atoms with Crippen LogP contribution in [0.25, 0.3) is 0 Å². The molecule has 0 spiro atoms. The second-order valence-corrected chi connectivity index (χ2v) is 6.47. The fourth-order valence-corrected chi connectivity index (χ4v) is 3.24. The lowest BCUT2D eigenvalue weighted by molar-refractivity contribution is 0.103. The Kier molecular flexibility index (Phi) is 4.46. The van der Waals surface area contributed by atoms with Crippen LogP contribution >= 0.6 is 0 Å². The van der Waals surface area contributed by atoms with Crippen molar-refractivity contribution in [2.24, 2.45) is 5.92 Å². The molecule has 0 fully saturated rings. The van der Waals surface area contributed by atoms with E-state index in [-0.39, 0.29) is 18.1 Å². The molecule has 0 saturated heterocycles. The van der Waals surface area contributed by atoms with Gasteiger partial charge in [-0.25, -0.2) is 9.78 Å². The maximum absolute atomic E-state index is 11.5. The molecule has 6 nitrogen and oxygen atoms in total. The lowest BCUT2D eigenvalue weighted by Crippen LogP contribution is -2.41. The highest BCUT2D eigenvalue weighted by atomic mass is 16.5. The molecular formula is C18H23N3O3. The average molecular weight is 329 g/mol. The molecule has 1 aliphatic heterocycles. The molecule has 1 amide bonds. The van der Waals surface area contributed by atoms with Crippen molar-refractivity contribution in [3.8, 4) is 5.75 Å². The van der Waals surface area contributed by atoms with Crippen LogP contribution < -0.4 is 4.74 Å². The highest BCUT2D eigenvalue weighted by Gasteiger charge is 2.36. The molecule has 1 aromatic heterocycles. The summed E-state index contributed by atoms with van der Waals surface area (Å²) in [4.78, 5) is 21.0. The molecule has 2 atom stereocenters. The number of hydrogen-bond donors (Lipinski definition) is 2. The van der Waals surface area contributed by atoms with Crippen molar-refractivity contribution in [3.05, 3.63) is 47.5 Å². The van der Waals surface area contributed by atoms with Crippen molar-refractivity contribution >= 4 is 6.09 Å². The third kappa shape index (κ3) is 3.09. The molecule has 2 heterocycles. The largest absolute Gasteiger partial charge is 0.483 e. The molecule has 128 valence electrons. The number of benzene rings is 1. The number of rotatable bonds is 4. The van der Waals surface area contributed by atoms with E-state index in [1.54, 1.807) is 0 Å². The van der Waals surface area contributed by atoms with Crippen LogP contribution in [0.5, 0.6) is 5.75 Å². The van der Waals surface area contributed by atoms with Gasteiger partial charge in [0.05, 0.1) is 11.7 Å². The summed E-state index contributed by atoms with van der Waals surface area (Å²) in [7, 11) is 0. The first-order valence-electron chi connectivity index (χ1n) is 8.27. The topological polar surface area (TPSA) is 78.5 Å². The van der Waals surface area contributed by atoms with E-state index in [4.69, 9.17) is 9.72 Å². The van der Waals surface area contributed by atoms with Gasteiger partial charge < -0.3 is 14.8 Å². The molecule has 0 bridgehead atoms. The van der Waals surface area contributed by atoms with Crippen molar-refractivity contribution in [1.82, 2.24) is 14.9 Å². The van der Waals surface area contributed by atoms with Gasteiger partial charge in [-0.15, -0.1) is 0 Å². The van der Waals surface area contributed by atoms with Gasteiger partial charge in [-0.05, 0) is 25.0 Å². The van der Waals surface area contributed by atoms with E-state index in [1.807, 2.05) is 51.1 Å². The Balaban J connectivity index is 1.86. The number of aromatic amines is 1. The molecule has 2 aromatic rings. The predicted molar refractivity (Wildman–Crippen MR) is 90.1 cm³/mol. The molecule has 1 aliphatic rings. The number of fused-ring (bicyclic) bond motifs is 1. The van der Waals surface area contributed by atoms with Gasteiger partial charge in [-0.3, -0.25) is 4.90 Å². The SMILES string of the molecule is CC(Oc1ccccc1)c1nc2c([nH]1)CCN(C(=O)O)C2C(C)C. The molecule has 3 rings (SSSR count). The Hall–Kier alpha value is -2.50. The van der Waals surface area contributed by atoms with Gasteiger partial charge in [-0.1, -0.05) is 32.0 Å². The molecule has 0 aliphatic carbocycles. The van der Waals surface area contributed by atoms with Gasteiger partial charge in [0, 0.05) is 18.7 Å². The van der Waals surface area contributed by atoms with Gasteiger partial charge >= 0.3 is 6.09 Å². The second-order valence-electron chi connectivity index (χ2n) is 6.47. The maximum atomic E-state index is 11.5. The summed E-state index contributed by atoms with van der Waals surface area (Å²) < 4.78 is 5.92. The fourth-order valence-electron chi connectivity index (χ4n) is 3.24. The van der Waals surface area contributed by atoms with Crippen molar-refractivity contribution in [1.29, 1.82) is 0 Å². The molecule has 2 unspecified atom stereocenters. The molecule has 6 heteroatoms. The zero-order chi connectivity index (χ0) is 17.3. The summed E-state index contributed by atoms with van der Waals surface area (Å²) in [5, 5.41) is 9.46. The van der Waals surface area contributed by atoms with Gasteiger partial charge in [0.1, 0.15) is 11.6 Å². The van der Waals surface area contributed by atoms with Crippen LogP contribution in [0.1, 0.15) is 50.1 Å². The van der Waals surface area contributed by atoms with Gasteiger partial charge in [0.15, 0.2) is 6.10 Å². The van der Waals surface area contributed by atoms with Gasteiger partial charge in [0.2, 0.25) is 0 Å². The summed E-state index contributed by atoms with van der Waals surface area (Å²) in [5.41, 5.74) is 1.85. The lowest BCUT2D eigenvalue weighted by Gasteiger charge is -2.35. The quantitative estimate of drug-likeness (QED) is 0.894. The van der Waals surface area contributed by atoms with Crippen LogP contribution in [0.2, 0.25) is 0 Å². The summed E-state index contributed by atoms with van der Waals surface area (Å²) in [6.07, 6.45) is -0.475. The molecule has 0 radical (unpaired) electrons. The van der Waals surface area contributed by atoms with Crippen molar-refractivity contribution in [2.75, 3.05) is 6.54 Å². The highest BCUT2D eigenvalue weighted by molar-refractivity contribution is 5.66. The Morgan fingerprint density at radius 1 is 1.33 bits per heavy atom. The Morgan fingerprint density at radius 2 is 2.04 bits per heavy atom. The third-order valence-corrected chi connectivity index (χ3v) is 4.37. The van der Waals surface area contributed by atoms with E-state index >= 15 is 0 Å². The lowest BCUT2D eigenvalue weighted by atomic mass is 9.94. The monoisotopic (exact) mass is 329 g/mol. The van der Waals surface area contributed by atoms with Crippen molar-refractivity contribution < 1.29 is 14.6 Å². The number of amides is 1. The number of nitrogens with zero attached hydrogens (tertiary/aromatic N) is 2. The van der Waals surface area contributed by atoms with E-state index in [2.05, 4.69) is 4.98 Å². The number of aromatic nitrogens is 2. The first-order chi connectivity index (χ1) is 11.5. The summed E-state index contributed by atoms with van der Waals surface area (Å²) in [6.45, 7) is 6.47. The number of imidazole rings is 1. The summed E-state index contributed by atoms with van der Waals surface area (Å²) in [5.74, 6) is 1.68. The number of para-hydroxylation sites is 1. The Morgan fingerprint density at radius 3 is 2.67 bits per heavy atom. The average Bonchev–Trinajstić information content (AvgIpc) is 2.98. The van der Waals surface area contributed by atoms with Crippen LogP contribution in [-0.4, -0.2) is 32.6 Å². The molecule has 1 aromatic carbocycles. The number of hydrogen-bond acceptors (Lipinski definition) is 3. The highest BCUT2D eigenvalue weighted by Crippen LogP contribution is 2.35. The number of carboxylic acid groups (broad SMARTS) is 1. The minimum Gasteiger partial charge on any atom is -0.483 e. The zero-order valence-corrected chi connectivity index (χ0v) is 14.2. The molecule has 24 heavy (non-hydrogen) atoms. The minimum absolute atomic E-state index is 0.154. The molecule has 0 saturated carbocycles. The van der Waals surface area contributed by atoms with Crippen LogP contribution in [0.3, 0.4) is 0 Å². The van der Waals surface area contributed by atoms with Crippen molar-refractivity contribution in [3.63, 3.8) is 0 Å². The first-order valence-corrected chi connectivity index (χ1v) is 8.27. The van der Waals surface area contributed by atoms with E-state index in [1.165, 1.54) is 4.90 Å². The van der Waals surface area contributed by atoms with Crippen molar-refractivity contribution in [2.45, 2.75) is 39.3 Å². The predicted octanol–water partition coefficient (Wildman–Crippen LogP) is 3.78. The first kappa shape index (κ1) is 16.4. The number of carbonyl (C=O) groups is 1. The fraction of sp³-hybridized carbons (Fsp3) is 0.444. The van der Waals surface area contributed by atoms with E-state index in [9.17, 15) is 9.90 Å². The molecule has 2 N–H and O–H groups in total. The number of ether oxygens (including phenoxy) is 1. The summed E-state index contributed by atoms with van der Waals surface area (Å²) >= 11 is 0. The number of H-pyrrole nitrogens is 1.